The molecular formula is C12H8BrN3O4. The zero-order chi connectivity index (χ0) is 14.7. The van der Waals surface area contributed by atoms with E-state index in [2.05, 4.69) is 25.9 Å². The SMILES string of the molecule is O=[N+]([O-])c1cc(Br)cc(C=Nc2ncccc2O)c1O. The van der Waals surface area contributed by atoms with Crippen molar-refractivity contribution in [1.29, 1.82) is 0 Å². The van der Waals surface area contributed by atoms with Gasteiger partial charge in [0.15, 0.2) is 11.6 Å². The van der Waals surface area contributed by atoms with E-state index in [1.54, 1.807) is 0 Å². The van der Waals surface area contributed by atoms with Gasteiger partial charge in [-0.25, -0.2) is 9.98 Å². The van der Waals surface area contributed by atoms with Crippen LogP contribution < -0.4 is 0 Å². The number of benzene rings is 1. The Bertz CT molecular complexity index is 703. The van der Waals surface area contributed by atoms with Crippen LogP contribution in [-0.4, -0.2) is 26.3 Å². The first kappa shape index (κ1) is 13.9. The Labute approximate surface area is 121 Å². The summed E-state index contributed by atoms with van der Waals surface area (Å²) in [5, 5.41) is 30.1. The second-order valence-electron chi connectivity index (χ2n) is 3.72. The Morgan fingerprint density at radius 3 is 2.80 bits per heavy atom. The fourth-order valence-electron chi connectivity index (χ4n) is 1.46. The van der Waals surface area contributed by atoms with Crippen LogP contribution in [0, 0.1) is 10.1 Å². The molecule has 1 aromatic heterocycles. The molecule has 0 radical (unpaired) electrons. The molecule has 1 aromatic carbocycles. The highest BCUT2D eigenvalue weighted by molar-refractivity contribution is 9.10. The van der Waals surface area contributed by atoms with E-state index in [1.807, 2.05) is 0 Å². The molecule has 0 amide bonds. The number of nitro groups is 1. The van der Waals surface area contributed by atoms with Crippen LogP contribution in [0.15, 0.2) is 39.9 Å². The van der Waals surface area contributed by atoms with Crippen molar-refractivity contribution in [2.75, 3.05) is 0 Å². The maximum absolute atomic E-state index is 10.8. The quantitative estimate of drug-likeness (QED) is 0.508. The monoisotopic (exact) mass is 337 g/mol. The summed E-state index contributed by atoms with van der Waals surface area (Å²) in [5.74, 6) is -0.584. The zero-order valence-electron chi connectivity index (χ0n) is 9.89. The number of nitro benzene ring substituents is 1. The molecule has 102 valence electrons. The second-order valence-corrected chi connectivity index (χ2v) is 4.64. The van der Waals surface area contributed by atoms with Crippen LogP contribution in [-0.2, 0) is 0 Å². The van der Waals surface area contributed by atoms with Gasteiger partial charge in [-0.2, -0.15) is 0 Å². The first-order chi connectivity index (χ1) is 9.49. The van der Waals surface area contributed by atoms with Crippen molar-refractivity contribution in [2.24, 2.45) is 4.99 Å². The van der Waals surface area contributed by atoms with Gasteiger partial charge in [-0.3, -0.25) is 10.1 Å². The highest BCUT2D eigenvalue weighted by Crippen LogP contribution is 2.33. The number of phenols is 1. The molecule has 0 aliphatic rings. The van der Waals surface area contributed by atoms with Gasteiger partial charge in [0.1, 0.15) is 0 Å². The molecule has 0 atom stereocenters. The van der Waals surface area contributed by atoms with Crippen LogP contribution >= 0.6 is 15.9 Å². The lowest BCUT2D eigenvalue weighted by atomic mass is 10.2. The number of hydrogen-bond acceptors (Lipinski definition) is 6. The van der Waals surface area contributed by atoms with Crippen molar-refractivity contribution in [1.82, 2.24) is 4.98 Å². The molecule has 0 aliphatic carbocycles. The minimum absolute atomic E-state index is 0.0505. The van der Waals surface area contributed by atoms with E-state index in [4.69, 9.17) is 0 Å². The molecule has 8 heteroatoms. The Morgan fingerprint density at radius 2 is 2.15 bits per heavy atom. The van der Waals surface area contributed by atoms with Gasteiger partial charge in [0.25, 0.3) is 0 Å². The van der Waals surface area contributed by atoms with E-state index < -0.39 is 16.4 Å². The molecule has 2 aromatic rings. The number of aliphatic imine (C=N–C) groups is 1. The fourth-order valence-corrected chi connectivity index (χ4v) is 1.93. The summed E-state index contributed by atoms with van der Waals surface area (Å²) in [5.41, 5.74) is -0.304. The number of aromatic nitrogens is 1. The molecule has 20 heavy (non-hydrogen) atoms. The number of phenolic OH excluding ortho intramolecular Hbond substituents is 1. The van der Waals surface area contributed by atoms with Gasteiger partial charge in [-0.15, -0.1) is 0 Å². The van der Waals surface area contributed by atoms with Gasteiger partial charge >= 0.3 is 5.69 Å². The topological polar surface area (TPSA) is 109 Å². The third kappa shape index (κ3) is 2.91. The molecule has 0 aliphatic heterocycles. The second kappa shape index (κ2) is 5.66. The van der Waals surface area contributed by atoms with E-state index in [1.165, 1.54) is 36.7 Å². The first-order valence-electron chi connectivity index (χ1n) is 5.34. The van der Waals surface area contributed by atoms with Crippen molar-refractivity contribution in [3.05, 3.63) is 50.6 Å². The molecule has 0 saturated carbocycles. The maximum Gasteiger partial charge on any atom is 0.312 e. The molecule has 1 heterocycles. The van der Waals surface area contributed by atoms with Crippen molar-refractivity contribution in [3.8, 4) is 11.5 Å². The van der Waals surface area contributed by atoms with Gasteiger partial charge in [0, 0.05) is 28.5 Å². The summed E-state index contributed by atoms with van der Waals surface area (Å²) in [6, 6.07) is 5.59. The highest BCUT2D eigenvalue weighted by Gasteiger charge is 2.17. The standard InChI is InChI=1S/C12H8BrN3O4/c13-8-4-7(11(18)9(5-8)16(19)20)6-15-12-10(17)2-1-3-14-12/h1-6,17-18H. The Hall–Kier alpha value is -2.48. The average molecular weight is 338 g/mol. The van der Waals surface area contributed by atoms with Crippen LogP contribution in [0.1, 0.15) is 5.56 Å². The minimum Gasteiger partial charge on any atom is -0.504 e. The van der Waals surface area contributed by atoms with E-state index in [0.29, 0.717) is 4.47 Å². The number of rotatable bonds is 3. The first-order valence-corrected chi connectivity index (χ1v) is 6.13. The molecule has 0 saturated heterocycles. The van der Waals surface area contributed by atoms with Gasteiger partial charge in [-0.05, 0) is 18.2 Å². The Kier molecular flexibility index (Phi) is 3.94. The largest absolute Gasteiger partial charge is 0.504 e. The summed E-state index contributed by atoms with van der Waals surface area (Å²) >= 11 is 3.11. The highest BCUT2D eigenvalue weighted by atomic mass is 79.9. The third-order valence-electron chi connectivity index (χ3n) is 2.37. The predicted octanol–water partition coefficient (Wildman–Crippen LogP) is 2.91. The maximum atomic E-state index is 10.8. The molecule has 0 fully saturated rings. The lowest BCUT2D eigenvalue weighted by Crippen LogP contribution is -1.92. The minimum atomic E-state index is -0.699. The van der Waals surface area contributed by atoms with E-state index in [9.17, 15) is 20.3 Å². The number of nitrogens with zero attached hydrogens (tertiary/aromatic N) is 3. The summed E-state index contributed by atoms with van der Waals surface area (Å²) in [6.07, 6.45) is 2.63. The smallest absolute Gasteiger partial charge is 0.312 e. The van der Waals surface area contributed by atoms with Crippen molar-refractivity contribution >= 4 is 33.6 Å². The molecular weight excluding hydrogens is 330 g/mol. The van der Waals surface area contributed by atoms with Crippen molar-refractivity contribution < 1.29 is 15.1 Å². The summed E-state index contributed by atoms with van der Waals surface area (Å²) in [7, 11) is 0. The van der Waals surface area contributed by atoms with E-state index in [0.717, 1.165) is 0 Å². The lowest BCUT2D eigenvalue weighted by molar-refractivity contribution is -0.385. The predicted molar refractivity (Wildman–Crippen MR) is 75.6 cm³/mol. The van der Waals surface area contributed by atoms with Crippen LogP contribution in [0.3, 0.4) is 0 Å². The van der Waals surface area contributed by atoms with E-state index in [-0.39, 0.29) is 17.1 Å². The number of pyridine rings is 1. The number of hydrogen-bond donors (Lipinski definition) is 2. The third-order valence-corrected chi connectivity index (χ3v) is 2.83. The molecule has 0 bridgehead atoms. The molecule has 2 N–H and O–H groups in total. The van der Waals surface area contributed by atoms with E-state index >= 15 is 0 Å². The van der Waals surface area contributed by atoms with Crippen LogP contribution in [0.5, 0.6) is 11.5 Å². The molecule has 7 nitrogen and oxygen atoms in total. The Balaban J connectivity index is 2.44. The van der Waals surface area contributed by atoms with Crippen LogP contribution in [0.25, 0.3) is 0 Å². The molecule has 2 rings (SSSR count). The number of aromatic hydroxyl groups is 2. The number of halogens is 1. The normalized spacial score (nSPS) is 10.8. The van der Waals surface area contributed by atoms with Crippen LogP contribution in [0.4, 0.5) is 11.5 Å². The fraction of sp³-hybridized carbons (Fsp3) is 0. The summed E-state index contributed by atoms with van der Waals surface area (Å²) in [6.45, 7) is 0. The Morgan fingerprint density at radius 1 is 1.40 bits per heavy atom. The average Bonchev–Trinajstić information content (AvgIpc) is 2.40. The summed E-state index contributed by atoms with van der Waals surface area (Å²) < 4.78 is 0.425. The van der Waals surface area contributed by atoms with Gasteiger partial charge in [-0.1, -0.05) is 15.9 Å². The van der Waals surface area contributed by atoms with Crippen LogP contribution in [0.2, 0.25) is 0 Å². The van der Waals surface area contributed by atoms with Crippen molar-refractivity contribution in [2.45, 2.75) is 0 Å². The van der Waals surface area contributed by atoms with Gasteiger partial charge < -0.3 is 10.2 Å². The zero-order valence-corrected chi connectivity index (χ0v) is 11.5. The lowest BCUT2D eigenvalue weighted by Gasteiger charge is -2.02. The van der Waals surface area contributed by atoms with Gasteiger partial charge in [0.05, 0.1) is 4.92 Å². The van der Waals surface area contributed by atoms with Gasteiger partial charge in [0.2, 0.25) is 5.75 Å². The molecule has 0 spiro atoms. The van der Waals surface area contributed by atoms with Crippen molar-refractivity contribution in [3.63, 3.8) is 0 Å². The summed E-state index contributed by atoms with van der Waals surface area (Å²) in [4.78, 5) is 17.8. The molecule has 0 unspecified atom stereocenters.